The van der Waals surface area contributed by atoms with Crippen molar-refractivity contribution in [3.63, 3.8) is 0 Å². The maximum Gasteiger partial charge on any atom is 0.341 e. The predicted octanol–water partition coefficient (Wildman–Crippen LogP) is 0.402. The Balaban J connectivity index is 0.00000112. The molecule has 0 unspecified atom stereocenters. The Morgan fingerprint density at radius 3 is 2.60 bits per heavy atom. The van der Waals surface area contributed by atoms with E-state index in [0.29, 0.717) is 10.9 Å². The van der Waals surface area contributed by atoms with E-state index in [1.54, 1.807) is 24.3 Å². The molecule has 0 spiro atoms. The second-order valence-corrected chi connectivity index (χ2v) is 2.88. The van der Waals surface area contributed by atoms with Gasteiger partial charge in [-0.1, -0.05) is 12.1 Å². The molecule has 5 nitrogen and oxygen atoms in total. The number of rotatable bonds is 1. The van der Waals surface area contributed by atoms with E-state index in [1.807, 2.05) is 0 Å². The fourth-order valence-electron chi connectivity index (χ4n) is 1.33. The normalized spacial score (nSPS) is 9.60. The lowest BCUT2D eigenvalue weighted by molar-refractivity contribution is 0.0695. The highest BCUT2D eigenvalue weighted by Crippen LogP contribution is 2.06. The van der Waals surface area contributed by atoms with Crippen molar-refractivity contribution in [2.24, 2.45) is 0 Å². The zero-order valence-electron chi connectivity index (χ0n) is 7.65. The number of H-pyrrole nitrogens is 1. The molecule has 1 aromatic heterocycles. The molecule has 4 N–H and O–H groups in total. The number of aromatic carboxylic acids is 1. The number of pyridine rings is 1. The quantitative estimate of drug-likeness (QED) is 0.707. The van der Waals surface area contributed by atoms with E-state index in [9.17, 15) is 9.59 Å². The molecule has 0 saturated carbocycles. The lowest BCUT2D eigenvalue weighted by atomic mass is 10.1. The summed E-state index contributed by atoms with van der Waals surface area (Å²) >= 11 is 0. The van der Waals surface area contributed by atoms with Gasteiger partial charge in [-0.25, -0.2) is 4.79 Å². The second-order valence-electron chi connectivity index (χ2n) is 2.88. The Labute approximate surface area is 84.3 Å². The molecule has 0 aliphatic carbocycles. The molecule has 1 heterocycles. The molecule has 0 radical (unpaired) electrons. The average Bonchev–Trinajstić information content (AvgIpc) is 2.18. The third-order valence-electron chi connectivity index (χ3n) is 2.02. The maximum atomic E-state index is 11.6. The minimum Gasteiger partial charge on any atom is -0.477 e. The van der Waals surface area contributed by atoms with Crippen molar-refractivity contribution >= 4 is 16.9 Å². The fourth-order valence-corrected chi connectivity index (χ4v) is 1.33. The monoisotopic (exact) mass is 207 g/mol. The van der Waals surface area contributed by atoms with Gasteiger partial charge < -0.3 is 15.6 Å². The summed E-state index contributed by atoms with van der Waals surface area (Å²) in [6.45, 7) is 0. The van der Waals surface area contributed by atoms with E-state index >= 15 is 0 Å². The Kier molecular flexibility index (Phi) is 2.87. The molecule has 0 aliphatic rings. The van der Waals surface area contributed by atoms with Gasteiger partial charge in [-0.15, -0.1) is 0 Å². The highest BCUT2D eigenvalue weighted by atomic mass is 16.4. The van der Waals surface area contributed by atoms with Crippen molar-refractivity contribution < 1.29 is 15.4 Å². The Morgan fingerprint density at radius 2 is 1.93 bits per heavy atom. The molecule has 0 bridgehead atoms. The average molecular weight is 207 g/mol. The zero-order valence-corrected chi connectivity index (χ0v) is 7.65. The largest absolute Gasteiger partial charge is 0.477 e. The van der Waals surface area contributed by atoms with Gasteiger partial charge in [0, 0.05) is 17.1 Å². The van der Waals surface area contributed by atoms with Crippen molar-refractivity contribution in [1.82, 2.24) is 4.98 Å². The molecule has 0 fully saturated rings. The molecule has 78 valence electrons. The molecule has 0 amide bonds. The van der Waals surface area contributed by atoms with Crippen LogP contribution in [0.15, 0.2) is 35.3 Å². The van der Waals surface area contributed by atoms with Gasteiger partial charge in [-0.05, 0) is 12.1 Å². The summed E-state index contributed by atoms with van der Waals surface area (Å²) in [6, 6.07) is 6.80. The number of hydrogen-bond acceptors (Lipinski definition) is 2. The summed E-state index contributed by atoms with van der Waals surface area (Å²) in [5, 5.41) is 9.10. The van der Waals surface area contributed by atoms with Crippen LogP contribution < -0.4 is 5.43 Å². The van der Waals surface area contributed by atoms with Crippen molar-refractivity contribution in [3.8, 4) is 0 Å². The molecule has 15 heavy (non-hydrogen) atoms. The Bertz CT molecular complexity index is 559. The van der Waals surface area contributed by atoms with Crippen LogP contribution in [0.5, 0.6) is 0 Å². The number of benzene rings is 1. The van der Waals surface area contributed by atoms with Crippen LogP contribution in [0.25, 0.3) is 10.9 Å². The van der Waals surface area contributed by atoms with Crippen LogP contribution in [0.3, 0.4) is 0 Å². The van der Waals surface area contributed by atoms with Crippen LogP contribution in [0, 0.1) is 0 Å². The van der Waals surface area contributed by atoms with Gasteiger partial charge in [0.1, 0.15) is 5.56 Å². The SMILES string of the molecule is O.O=C(O)c1c[nH]c2ccccc2c1=O. The first-order valence-electron chi connectivity index (χ1n) is 4.04. The Morgan fingerprint density at radius 1 is 1.27 bits per heavy atom. The standard InChI is InChI=1S/C10H7NO3.H2O/c12-9-6-3-1-2-4-8(6)11-5-7(9)10(13)14;/h1-5H,(H,11,12)(H,13,14);1H2. The number of carboxylic acid groups (broad SMARTS) is 1. The molecular formula is C10H9NO4. The number of carboxylic acids is 1. The Hall–Kier alpha value is -2.14. The molecular weight excluding hydrogens is 198 g/mol. The number of fused-ring (bicyclic) bond motifs is 1. The second kappa shape index (κ2) is 3.93. The highest BCUT2D eigenvalue weighted by molar-refractivity contribution is 5.92. The van der Waals surface area contributed by atoms with Crippen molar-refractivity contribution in [2.75, 3.05) is 0 Å². The first kappa shape index (κ1) is 10.9. The number of carbonyl (C=O) groups is 1. The molecule has 0 atom stereocenters. The minimum absolute atomic E-state index is 0. The molecule has 1 aromatic carbocycles. The van der Waals surface area contributed by atoms with Gasteiger partial charge in [0.15, 0.2) is 0 Å². The lowest BCUT2D eigenvalue weighted by Crippen LogP contribution is -2.14. The highest BCUT2D eigenvalue weighted by Gasteiger charge is 2.10. The minimum atomic E-state index is -1.21. The first-order valence-corrected chi connectivity index (χ1v) is 4.04. The first-order chi connectivity index (χ1) is 6.70. The van der Waals surface area contributed by atoms with Gasteiger partial charge >= 0.3 is 5.97 Å². The van der Waals surface area contributed by atoms with Crippen LogP contribution in [-0.4, -0.2) is 21.5 Å². The van der Waals surface area contributed by atoms with Crippen LogP contribution in [0.1, 0.15) is 10.4 Å². The fraction of sp³-hybridized carbons (Fsp3) is 0. The molecule has 5 heteroatoms. The number of aromatic amines is 1. The third kappa shape index (κ3) is 1.72. The molecule has 0 saturated heterocycles. The number of aromatic nitrogens is 1. The summed E-state index contributed by atoms with van der Waals surface area (Å²) in [6.07, 6.45) is 1.22. The van der Waals surface area contributed by atoms with E-state index in [-0.39, 0.29) is 11.0 Å². The predicted molar refractivity (Wildman–Crippen MR) is 55.1 cm³/mol. The topological polar surface area (TPSA) is 102 Å². The van der Waals surface area contributed by atoms with Crippen LogP contribution in [0.4, 0.5) is 0 Å². The summed E-state index contributed by atoms with van der Waals surface area (Å²) in [5.74, 6) is -1.21. The van der Waals surface area contributed by atoms with E-state index in [1.165, 1.54) is 6.20 Å². The van der Waals surface area contributed by atoms with E-state index < -0.39 is 11.4 Å². The zero-order chi connectivity index (χ0) is 10.1. The smallest absolute Gasteiger partial charge is 0.341 e. The van der Waals surface area contributed by atoms with Crippen LogP contribution in [-0.2, 0) is 0 Å². The maximum absolute atomic E-state index is 11.6. The van der Waals surface area contributed by atoms with Gasteiger partial charge in [-0.3, -0.25) is 4.79 Å². The van der Waals surface area contributed by atoms with Gasteiger partial charge in [0.05, 0.1) is 0 Å². The van der Waals surface area contributed by atoms with E-state index in [4.69, 9.17) is 5.11 Å². The summed E-state index contributed by atoms with van der Waals surface area (Å²) in [7, 11) is 0. The van der Waals surface area contributed by atoms with Crippen LogP contribution >= 0.6 is 0 Å². The van der Waals surface area contributed by atoms with Gasteiger partial charge in [0.2, 0.25) is 5.43 Å². The van der Waals surface area contributed by atoms with Crippen molar-refractivity contribution in [1.29, 1.82) is 0 Å². The number of hydrogen-bond donors (Lipinski definition) is 2. The van der Waals surface area contributed by atoms with Crippen molar-refractivity contribution in [2.45, 2.75) is 0 Å². The van der Waals surface area contributed by atoms with Crippen LogP contribution in [0.2, 0.25) is 0 Å². The van der Waals surface area contributed by atoms with Gasteiger partial charge in [0.25, 0.3) is 0 Å². The van der Waals surface area contributed by atoms with Gasteiger partial charge in [-0.2, -0.15) is 0 Å². The van der Waals surface area contributed by atoms with Crippen molar-refractivity contribution in [3.05, 3.63) is 46.2 Å². The lowest BCUT2D eigenvalue weighted by Gasteiger charge is -1.98. The summed E-state index contributed by atoms with van der Waals surface area (Å²) in [5.41, 5.74) is -0.0435. The molecule has 2 rings (SSSR count). The molecule has 2 aromatic rings. The molecule has 0 aliphatic heterocycles. The summed E-state index contributed by atoms with van der Waals surface area (Å²) in [4.78, 5) is 25.0. The number of nitrogens with one attached hydrogen (secondary N) is 1. The van der Waals surface area contributed by atoms with E-state index in [2.05, 4.69) is 4.98 Å². The summed E-state index contributed by atoms with van der Waals surface area (Å²) < 4.78 is 0. The third-order valence-corrected chi connectivity index (χ3v) is 2.02. The van der Waals surface area contributed by atoms with E-state index in [0.717, 1.165) is 0 Å². The number of para-hydroxylation sites is 1.